The lowest BCUT2D eigenvalue weighted by molar-refractivity contribution is -0.142. The van der Waals surface area contributed by atoms with Crippen LogP contribution in [0, 0.1) is 5.92 Å². The summed E-state index contributed by atoms with van der Waals surface area (Å²) >= 11 is 1.46. The van der Waals surface area contributed by atoms with Crippen molar-refractivity contribution >= 4 is 41.4 Å². The number of hydrogen-bond acceptors (Lipinski definition) is 8. The van der Waals surface area contributed by atoms with Gasteiger partial charge in [-0.25, -0.2) is 9.78 Å². The van der Waals surface area contributed by atoms with E-state index in [9.17, 15) is 29.1 Å². The molecule has 0 radical (unpaired) electrons. The standard InChI is InChI=1S/C22H37N7O6S/c1-12(2)8-16(28-19(31)14(23)4-5-18(24)30)21(33)27-15(6-7-36-3)20(32)29-17(22(34)35)9-13-10-25-11-26-13/h10-12,14-17H,4-9,23H2,1-3H3,(H2,24,30)(H,25,26)(H,27,33)(H,28,31)(H,29,32)(H,34,35). The number of carboxylic acid groups (broad SMARTS) is 1. The van der Waals surface area contributed by atoms with Crippen LogP contribution < -0.4 is 27.4 Å². The number of aromatic nitrogens is 2. The molecule has 1 rings (SSSR count). The number of aromatic amines is 1. The summed E-state index contributed by atoms with van der Waals surface area (Å²) in [4.78, 5) is 67.9. The summed E-state index contributed by atoms with van der Waals surface area (Å²) in [6.07, 6.45) is 5.16. The summed E-state index contributed by atoms with van der Waals surface area (Å²) in [5.41, 5.74) is 11.4. The van der Waals surface area contributed by atoms with E-state index in [1.807, 2.05) is 20.1 Å². The van der Waals surface area contributed by atoms with Gasteiger partial charge in [0.1, 0.15) is 18.1 Å². The van der Waals surface area contributed by atoms with E-state index in [1.54, 1.807) is 0 Å². The number of nitrogens with zero attached hydrogens (tertiary/aromatic N) is 1. The number of amides is 4. The van der Waals surface area contributed by atoms with E-state index >= 15 is 0 Å². The lowest BCUT2D eigenvalue weighted by Crippen LogP contribution is -2.57. The van der Waals surface area contributed by atoms with Crippen molar-refractivity contribution in [2.24, 2.45) is 17.4 Å². The van der Waals surface area contributed by atoms with Crippen molar-refractivity contribution in [3.63, 3.8) is 0 Å². The third-order valence-electron chi connectivity index (χ3n) is 5.22. The molecule has 0 bridgehead atoms. The normalized spacial score (nSPS) is 14.4. The van der Waals surface area contributed by atoms with Crippen molar-refractivity contribution in [2.45, 2.75) is 70.1 Å². The van der Waals surface area contributed by atoms with E-state index in [0.717, 1.165) is 0 Å². The highest BCUT2D eigenvalue weighted by atomic mass is 32.2. The summed E-state index contributed by atoms with van der Waals surface area (Å²) in [6, 6.07) is -4.28. The highest BCUT2D eigenvalue weighted by Crippen LogP contribution is 2.09. The number of thioether (sulfide) groups is 1. The second-order valence-electron chi connectivity index (χ2n) is 8.83. The first-order valence-electron chi connectivity index (χ1n) is 11.6. The molecular formula is C22H37N7O6S. The number of carbonyl (C=O) groups is 5. The third-order valence-corrected chi connectivity index (χ3v) is 5.86. The molecule has 0 spiro atoms. The molecule has 14 heteroatoms. The second kappa shape index (κ2) is 15.8. The van der Waals surface area contributed by atoms with Gasteiger partial charge in [0.15, 0.2) is 0 Å². The molecule has 4 unspecified atom stereocenters. The zero-order valence-electron chi connectivity index (χ0n) is 20.8. The van der Waals surface area contributed by atoms with Gasteiger partial charge in [-0.05, 0) is 37.2 Å². The fourth-order valence-electron chi connectivity index (χ4n) is 3.28. The van der Waals surface area contributed by atoms with Crippen LogP contribution in [-0.4, -0.2) is 80.8 Å². The molecule has 36 heavy (non-hydrogen) atoms. The number of rotatable bonds is 17. The Morgan fingerprint density at radius 3 is 2.17 bits per heavy atom. The SMILES string of the molecule is CSCCC(NC(=O)C(CC(C)C)NC(=O)C(N)CCC(N)=O)C(=O)NC(Cc1cnc[nH]1)C(=O)O. The van der Waals surface area contributed by atoms with Gasteiger partial charge in [0.2, 0.25) is 23.6 Å². The Morgan fingerprint density at radius 2 is 1.64 bits per heavy atom. The molecule has 13 nitrogen and oxygen atoms in total. The maximum atomic E-state index is 13.1. The van der Waals surface area contributed by atoms with E-state index in [4.69, 9.17) is 11.5 Å². The van der Waals surface area contributed by atoms with Gasteiger partial charge >= 0.3 is 5.97 Å². The summed E-state index contributed by atoms with van der Waals surface area (Å²) in [5, 5.41) is 17.3. The highest BCUT2D eigenvalue weighted by Gasteiger charge is 2.30. The molecule has 0 saturated heterocycles. The molecule has 0 saturated carbocycles. The molecule has 202 valence electrons. The number of H-pyrrole nitrogens is 1. The minimum atomic E-state index is -1.24. The molecule has 4 amide bonds. The zero-order valence-corrected chi connectivity index (χ0v) is 21.6. The maximum absolute atomic E-state index is 13.1. The number of imidazole rings is 1. The predicted octanol–water partition coefficient (Wildman–Crippen LogP) is -1.12. The summed E-state index contributed by atoms with van der Waals surface area (Å²) in [7, 11) is 0. The van der Waals surface area contributed by atoms with Crippen molar-refractivity contribution < 1.29 is 29.1 Å². The van der Waals surface area contributed by atoms with Gasteiger partial charge in [0, 0.05) is 24.7 Å². The van der Waals surface area contributed by atoms with Gasteiger partial charge in [0.25, 0.3) is 0 Å². The largest absolute Gasteiger partial charge is 0.480 e. The Balaban J connectivity index is 2.93. The average molecular weight is 528 g/mol. The predicted molar refractivity (Wildman–Crippen MR) is 135 cm³/mol. The minimum Gasteiger partial charge on any atom is -0.480 e. The highest BCUT2D eigenvalue weighted by molar-refractivity contribution is 7.98. The number of nitrogens with one attached hydrogen (secondary N) is 4. The van der Waals surface area contributed by atoms with Crippen LogP contribution in [0.4, 0.5) is 0 Å². The smallest absolute Gasteiger partial charge is 0.326 e. The van der Waals surface area contributed by atoms with Crippen molar-refractivity contribution in [2.75, 3.05) is 12.0 Å². The third kappa shape index (κ3) is 11.5. The van der Waals surface area contributed by atoms with Gasteiger partial charge in [-0.15, -0.1) is 0 Å². The molecule has 0 aliphatic heterocycles. The molecule has 0 fully saturated rings. The van der Waals surface area contributed by atoms with E-state index < -0.39 is 53.8 Å². The molecular weight excluding hydrogens is 490 g/mol. The van der Waals surface area contributed by atoms with Crippen LogP contribution in [0.5, 0.6) is 0 Å². The number of nitrogens with two attached hydrogens (primary N) is 2. The molecule has 0 aliphatic carbocycles. The van der Waals surface area contributed by atoms with Crippen LogP contribution in [0.25, 0.3) is 0 Å². The van der Waals surface area contributed by atoms with Gasteiger partial charge in [0.05, 0.1) is 12.4 Å². The van der Waals surface area contributed by atoms with E-state index in [0.29, 0.717) is 11.4 Å². The number of carboxylic acids is 1. The molecule has 9 N–H and O–H groups in total. The lowest BCUT2D eigenvalue weighted by Gasteiger charge is -2.26. The van der Waals surface area contributed by atoms with Crippen LogP contribution in [-0.2, 0) is 30.4 Å². The monoisotopic (exact) mass is 527 g/mol. The molecule has 0 aliphatic rings. The first kappa shape index (κ1) is 30.9. The summed E-state index contributed by atoms with van der Waals surface area (Å²) in [5.74, 6) is -3.15. The van der Waals surface area contributed by atoms with Crippen LogP contribution in [0.2, 0.25) is 0 Å². The minimum absolute atomic E-state index is 0.0144. The zero-order chi connectivity index (χ0) is 27.3. The maximum Gasteiger partial charge on any atom is 0.326 e. The molecule has 1 heterocycles. The Labute approximate surface area is 214 Å². The number of primary amides is 1. The average Bonchev–Trinajstić information content (AvgIpc) is 3.31. The van der Waals surface area contributed by atoms with Crippen molar-refractivity contribution in [3.05, 3.63) is 18.2 Å². The number of hydrogen-bond donors (Lipinski definition) is 7. The van der Waals surface area contributed by atoms with Crippen molar-refractivity contribution in [1.29, 1.82) is 0 Å². The van der Waals surface area contributed by atoms with E-state index in [1.165, 1.54) is 24.3 Å². The molecule has 1 aromatic rings. The second-order valence-corrected chi connectivity index (χ2v) is 9.81. The first-order chi connectivity index (χ1) is 16.9. The number of carbonyl (C=O) groups excluding carboxylic acids is 4. The van der Waals surface area contributed by atoms with E-state index in [-0.39, 0.29) is 38.0 Å². The number of aliphatic carboxylic acids is 1. The van der Waals surface area contributed by atoms with Crippen LogP contribution in [0.15, 0.2) is 12.5 Å². The fourth-order valence-corrected chi connectivity index (χ4v) is 3.75. The van der Waals surface area contributed by atoms with Crippen LogP contribution >= 0.6 is 11.8 Å². The van der Waals surface area contributed by atoms with Crippen LogP contribution in [0.3, 0.4) is 0 Å². The van der Waals surface area contributed by atoms with E-state index in [2.05, 4.69) is 25.9 Å². The van der Waals surface area contributed by atoms with Gasteiger partial charge in [-0.2, -0.15) is 11.8 Å². The lowest BCUT2D eigenvalue weighted by atomic mass is 10.0. The Hall–Kier alpha value is -3.13. The fraction of sp³-hybridized carbons (Fsp3) is 0.636. The van der Waals surface area contributed by atoms with Gasteiger partial charge in [-0.1, -0.05) is 13.8 Å². The molecule has 1 aromatic heterocycles. The molecule has 0 aromatic carbocycles. The Morgan fingerprint density at radius 1 is 1.03 bits per heavy atom. The topological polar surface area (TPSA) is 222 Å². The van der Waals surface area contributed by atoms with Crippen LogP contribution in [0.1, 0.15) is 45.2 Å². The Bertz CT molecular complexity index is 880. The quantitative estimate of drug-likeness (QED) is 0.130. The molecule has 4 atom stereocenters. The Kier molecular flexibility index (Phi) is 13.5. The first-order valence-corrected chi connectivity index (χ1v) is 13.0. The van der Waals surface area contributed by atoms with Crippen molar-refractivity contribution in [3.8, 4) is 0 Å². The summed E-state index contributed by atoms with van der Waals surface area (Å²) < 4.78 is 0. The van der Waals surface area contributed by atoms with Gasteiger partial charge in [-0.3, -0.25) is 19.2 Å². The summed E-state index contributed by atoms with van der Waals surface area (Å²) in [6.45, 7) is 3.73. The van der Waals surface area contributed by atoms with Gasteiger partial charge < -0.3 is 37.5 Å². The van der Waals surface area contributed by atoms with Crippen molar-refractivity contribution in [1.82, 2.24) is 25.9 Å².